The Bertz CT molecular complexity index is 1260. The lowest BCUT2D eigenvalue weighted by atomic mass is 9.90. The molecular weight excluding hydrogens is 488 g/mol. The average Bonchev–Trinajstić information content (AvgIpc) is 2.99. The molecule has 2 fully saturated rings. The van der Waals surface area contributed by atoms with Crippen LogP contribution in [0.4, 0.5) is 5.69 Å². The predicted molar refractivity (Wildman–Crippen MR) is 157 cm³/mol. The summed E-state index contributed by atoms with van der Waals surface area (Å²) in [5.74, 6) is -0.322. The first-order valence-electron chi connectivity index (χ1n) is 14.2. The van der Waals surface area contributed by atoms with Crippen LogP contribution in [0.5, 0.6) is 0 Å². The molecule has 6 heteroatoms. The van der Waals surface area contributed by atoms with E-state index in [9.17, 15) is 4.79 Å². The molecule has 39 heavy (non-hydrogen) atoms. The van der Waals surface area contributed by atoms with Gasteiger partial charge >= 0.3 is 5.97 Å². The van der Waals surface area contributed by atoms with Gasteiger partial charge in [0.25, 0.3) is 0 Å². The fourth-order valence-corrected chi connectivity index (χ4v) is 5.92. The van der Waals surface area contributed by atoms with E-state index in [4.69, 9.17) is 14.2 Å². The summed E-state index contributed by atoms with van der Waals surface area (Å²) in [6.07, 6.45) is 3.14. The summed E-state index contributed by atoms with van der Waals surface area (Å²) in [5, 5.41) is 3.41. The molecule has 2 aliphatic rings. The number of esters is 1. The minimum atomic E-state index is -0.322. The quantitative estimate of drug-likeness (QED) is 0.381. The van der Waals surface area contributed by atoms with Gasteiger partial charge in [0, 0.05) is 44.6 Å². The number of carbonyl (C=O) groups is 1. The third-order valence-corrected chi connectivity index (χ3v) is 8.04. The maximum atomic E-state index is 12.7. The van der Waals surface area contributed by atoms with Gasteiger partial charge in [0.1, 0.15) is 0 Å². The molecule has 6 nitrogen and oxygen atoms in total. The number of anilines is 1. The van der Waals surface area contributed by atoms with Gasteiger partial charge in [0.2, 0.25) is 0 Å². The highest BCUT2D eigenvalue weighted by atomic mass is 16.5. The largest absolute Gasteiger partial charge is 0.465 e. The van der Waals surface area contributed by atoms with E-state index in [-0.39, 0.29) is 12.1 Å². The second kappa shape index (κ2) is 12.8. The zero-order valence-corrected chi connectivity index (χ0v) is 23.4. The number of carbonyl (C=O) groups excluding carboxylic acids is 1. The van der Waals surface area contributed by atoms with Crippen molar-refractivity contribution >= 4 is 11.7 Å². The lowest BCUT2D eigenvalue weighted by molar-refractivity contribution is 0.0292. The zero-order valence-electron chi connectivity index (χ0n) is 23.4. The highest BCUT2D eigenvalue weighted by Gasteiger charge is 2.25. The van der Waals surface area contributed by atoms with Crippen LogP contribution in [0, 0.1) is 6.92 Å². The third-order valence-electron chi connectivity index (χ3n) is 8.04. The van der Waals surface area contributed by atoms with Gasteiger partial charge in [-0.25, -0.2) is 4.79 Å². The second-order valence-corrected chi connectivity index (χ2v) is 10.4. The van der Waals surface area contributed by atoms with Gasteiger partial charge in [-0.05, 0) is 84.7 Å². The molecule has 0 amide bonds. The first-order valence-corrected chi connectivity index (χ1v) is 14.2. The molecular formula is C33H40N2O4. The van der Waals surface area contributed by atoms with Crippen LogP contribution in [0.15, 0.2) is 60.7 Å². The standard InChI is InChI=1S/C33H40N2O4/c1-4-35(27-13-16-38-17-14-27)32-21-26(25-11-9-24(10-12-25)19-28-22-34-15-18-39-28)20-31(23(32)2)29-7-5-6-8-30(29)33(36)37-3/h5-12,20-21,27-28,34H,4,13-19,22H2,1-3H3. The molecule has 1 N–H and O–H groups in total. The van der Waals surface area contributed by atoms with Crippen molar-refractivity contribution in [2.45, 2.75) is 45.3 Å². The molecule has 3 aromatic rings. The Kier molecular flexibility index (Phi) is 8.97. The SMILES string of the molecule is CCN(c1cc(-c2ccc(CC3CNCCO3)cc2)cc(-c2ccccc2C(=O)OC)c1C)C1CCOCC1. The first kappa shape index (κ1) is 27.4. The van der Waals surface area contributed by atoms with Crippen molar-refractivity contribution < 1.29 is 19.0 Å². The van der Waals surface area contributed by atoms with Crippen molar-refractivity contribution in [1.82, 2.24) is 5.32 Å². The van der Waals surface area contributed by atoms with Gasteiger partial charge in [-0.3, -0.25) is 0 Å². The summed E-state index contributed by atoms with van der Waals surface area (Å²) in [5.41, 5.74) is 8.47. The highest BCUT2D eigenvalue weighted by Crippen LogP contribution is 2.39. The van der Waals surface area contributed by atoms with Gasteiger partial charge in [-0.1, -0.05) is 42.5 Å². The van der Waals surface area contributed by atoms with E-state index in [1.54, 1.807) is 0 Å². The summed E-state index contributed by atoms with van der Waals surface area (Å²) in [6.45, 7) is 9.47. The maximum absolute atomic E-state index is 12.7. The molecule has 1 unspecified atom stereocenters. The summed E-state index contributed by atoms with van der Waals surface area (Å²) in [4.78, 5) is 15.3. The predicted octanol–water partition coefficient (Wildman–Crippen LogP) is 5.65. The second-order valence-electron chi connectivity index (χ2n) is 10.4. The number of methoxy groups -OCH3 is 1. The summed E-state index contributed by atoms with van der Waals surface area (Å²) in [7, 11) is 1.44. The molecule has 0 spiro atoms. The first-order chi connectivity index (χ1) is 19.1. The number of morpholine rings is 1. The Labute approximate surface area is 232 Å². The van der Waals surface area contributed by atoms with Crippen molar-refractivity contribution in [1.29, 1.82) is 0 Å². The van der Waals surface area contributed by atoms with Crippen molar-refractivity contribution in [3.63, 3.8) is 0 Å². The number of hydrogen-bond donors (Lipinski definition) is 1. The Morgan fingerprint density at radius 2 is 1.77 bits per heavy atom. The van der Waals surface area contributed by atoms with Gasteiger partial charge < -0.3 is 24.4 Å². The van der Waals surface area contributed by atoms with Crippen molar-refractivity contribution in [2.75, 3.05) is 51.5 Å². The molecule has 0 aromatic heterocycles. The van der Waals surface area contributed by atoms with E-state index in [0.717, 1.165) is 81.0 Å². The van der Waals surface area contributed by atoms with E-state index in [0.29, 0.717) is 11.6 Å². The number of ether oxygens (including phenoxy) is 3. The Morgan fingerprint density at radius 3 is 2.46 bits per heavy atom. The van der Waals surface area contributed by atoms with Crippen LogP contribution in [0.2, 0.25) is 0 Å². The monoisotopic (exact) mass is 528 g/mol. The van der Waals surface area contributed by atoms with E-state index in [1.807, 2.05) is 24.3 Å². The summed E-state index contributed by atoms with van der Waals surface area (Å²) >= 11 is 0. The average molecular weight is 529 g/mol. The number of benzene rings is 3. The van der Waals surface area contributed by atoms with Crippen LogP contribution in [0.3, 0.4) is 0 Å². The van der Waals surface area contributed by atoms with Crippen LogP contribution in [0.1, 0.15) is 41.3 Å². The third kappa shape index (κ3) is 6.19. The zero-order chi connectivity index (χ0) is 27.2. The highest BCUT2D eigenvalue weighted by molar-refractivity contribution is 5.99. The molecule has 1 atom stereocenters. The van der Waals surface area contributed by atoms with Gasteiger partial charge in [-0.2, -0.15) is 0 Å². The van der Waals surface area contributed by atoms with Crippen molar-refractivity contribution in [2.24, 2.45) is 0 Å². The van der Waals surface area contributed by atoms with Gasteiger partial charge in [0.05, 0.1) is 25.4 Å². The van der Waals surface area contributed by atoms with Gasteiger partial charge in [0.15, 0.2) is 0 Å². The van der Waals surface area contributed by atoms with Crippen LogP contribution >= 0.6 is 0 Å². The lowest BCUT2D eigenvalue weighted by Crippen LogP contribution is -2.39. The fraction of sp³-hybridized carbons (Fsp3) is 0.424. The minimum absolute atomic E-state index is 0.217. The van der Waals surface area contributed by atoms with Crippen molar-refractivity contribution in [3.8, 4) is 22.3 Å². The van der Waals surface area contributed by atoms with E-state index < -0.39 is 0 Å². The van der Waals surface area contributed by atoms with Gasteiger partial charge in [-0.15, -0.1) is 0 Å². The molecule has 0 radical (unpaired) electrons. The van der Waals surface area contributed by atoms with Crippen molar-refractivity contribution in [3.05, 3.63) is 77.4 Å². The summed E-state index contributed by atoms with van der Waals surface area (Å²) < 4.78 is 16.7. The number of nitrogens with zero attached hydrogens (tertiary/aromatic N) is 1. The Morgan fingerprint density at radius 1 is 1.00 bits per heavy atom. The molecule has 5 rings (SSSR count). The molecule has 3 aromatic carbocycles. The number of rotatable bonds is 8. The molecule has 2 saturated heterocycles. The summed E-state index contributed by atoms with van der Waals surface area (Å²) in [6, 6.07) is 21.6. The van der Waals surface area contributed by atoms with E-state index in [2.05, 4.69) is 60.5 Å². The molecule has 206 valence electrons. The lowest BCUT2D eigenvalue weighted by Gasteiger charge is -2.37. The molecule has 0 aliphatic carbocycles. The van der Waals surface area contributed by atoms with Crippen LogP contribution in [0.25, 0.3) is 22.3 Å². The number of nitrogens with one attached hydrogen (secondary N) is 1. The topological polar surface area (TPSA) is 60.0 Å². The molecule has 2 heterocycles. The minimum Gasteiger partial charge on any atom is -0.465 e. The van der Waals surface area contributed by atoms with Crippen LogP contribution < -0.4 is 10.2 Å². The maximum Gasteiger partial charge on any atom is 0.338 e. The normalized spacial score (nSPS) is 18.1. The number of hydrogen-bond acceptors (Lipinski definition) is 6. The molecule has 0 bridgehead atoms. The molecule has 2 aliphatic heterocycles. The Balaban J connectivity index is 1.57. The van der Waals surface area contributed by atoms with Crippen LogP contribution in [-0.4, -0.2) is 64.7 Å². The van der Waals surface area contributed by atoms with E-state index in [1.165, 1.54) is 23.9 Å². The fourth-order valence-electron chi connectivity index (χ4n) is 5.92. The van der Waals surface area contributed by atoms with E-state index >= 15 is 0 Å². The molecule has 0 saturated carbocycles. The Hall–Kier alpha value is -3.19. The van der Waals surface area contributed by atoms with Crippen LogP contribution in [-0.2, 0) is 20.6 Å². The smallest absolute Gasteiger partial charge is 0.338 e.